The SMILES string of the molecule is COc1cccc(C(=O)Cc2c(C)cccc2C)c1OC. The number of hydrogen-bond acceptors (Lipinski definition) is 3. The van der Waals surface area contributed by atoms with Gasteiger partial charge in [0.25, 0.3) is 0 Å². The molecule has 110 valence electrons. The molecule has 0 aliphatic heterocycles. The molecule has 0 unspecified atom stereocenters. The van der Waals surface area contributed by atoms with Crippen molar-refractivity contribution in [3.8, 4) is 11.5 Å². The van der Waals surface area contributed by atoms with E-state index < -0.39 is 0 Å². The number of hydrogen-bond donors (Lipinski definition) is 0. The minimum Gasteiger partial charge on any atom is -0.493 e. The van der Waals surface area contributed by atoms with E-state index in [1.165, 1.54) is 0 Å². The van der Waals surface area contributed by atoms with Crippen molar-refractivity contribution in [3.05, 3.63) is 58.7 Å². The third-order valence-electron chi connectivity index (χ3n) is 3.69. The number of carbonyl (C=O) groups excluding carboxylic acids is 1. The van der Waals surface area contributed by atoms with Gasteiger partial charge in [-0.25, -0.2) is 0 Å². The molecule has 0 saturated heterocycles. The minimum atomic E-state index is 0.0307. The highest BCUT2D eigenvalue weighted by Gasteiger charge is 2.18. The molecular weight excluding hydrogens is 264 g/mol. The maximum Gasteiger partial charge on any atom is 0.171 e. The monoisotopic (exact) mass is 284 g/mol. The predicted molar refractivity (Wildman–Crippen MR) is 83.5 cm³/mol. The summed E-state index contributed by atoms with van der Waals surface area (Å²) in [5.74, 6) is 1.10. The Morgan fingerprint density at radius 3 is 2.14 bits per heavy atom. The van der Waals surface area contributed by atoms with E-state index in [-0.39, 0.29) is 5.78 Å². The van der Waals surface area contributed by atoms with Crippen molar-refractivity contribution in [1.82, 2.24) is 0 Å². The van der Waals surface area contributed by atoms with Crippen molar-refractivity contribution >= 4 is 5.78 Å². The summed E-state index contributed by atoms with van der Waals surface area (Å²) in [5, 5.41) is 0. The first-order valence-corrected chi connectivity index (χ1v) is 6.87. The fraction of sp³-hybridized carbons (Fsp3) is 0.278. The fourth-order valence-electron chi connectivity index (χ4n) is 2.49. The first kappa shape index (κ1) is 15.1. The number of methoxy groups -OCH3 is 2. The van der Waals surface area contributed by atoms with E-state index in [9.17, 15) is 4.79 Å². The molecule has 0 saturated carbocycles. The van der Waals surface area contributed by atoms with Gasteiger partial charge in [-0.2, -0.15) is 0 Å². The van der Waals surface area contributed by atoms with Gasteiger partial charge in [-0.05, 0) is 42.7 Å². The van der Waals surface area contributed by atoms with Gasteiger partial charge in [-0.1, -0.05) is 24.3 Å². The molecule has 0 atom stereocenters. The first-order chi connectivity index (χ1) is 10.1. The molecule has 0 radical (unpaired) electrons. The molecule has 0 spiro atoms. The number of rotatable bonds is 5. The molecule has 0 bridgehead atoms. The van der Waals surface area contributed by atoms with E-state index in [0.29, 0.717) is 23.5 Å². The van der Waals surface area contributed by atoms with Gasteiger partial charge < -0.3 is 9.47 Å². The van der Waals surface area contributed by atoms with Crippen molar-refractivity contribution in [2.24, 2.45) is 0 Å². The molecule has 21 heavy (non-hydrogen) atoms. The maximum absolute atomic E-state index is 12.6. The molecule has 0 N–H and O–H groups in total. The summed E-state index contributed by atoms with van der Waals surface area (Å²) in [6, 6.07) is 11.4. The molecule has 0 aliphatic carbocycles. The number of benzene rings is 2. The van der Waals surface area contributed by atoms with Crippen LogP contribution in [0.4, 0.5) is 0 Å². The van der Waals surface area contributed by atoms with E-state index >= 15 is 0 Å². The highest BCUT2D eigenvalue weighted by atomic mass is 16.5. The number of ether oxygens (including phenoxy) is 2. The average Bonchev–Trinajstić information content (AvgIpc) is 2.49. The normalized spacial score (nSPS) is 10.3. The zero-order valence-corrected chi connectivity index (χ0v) is 12.9. The maximum atomic E-state index is 12.6. The van der Waals surface area contributed by atoms with E-state index in [0.717, 1.165) is 16.7 Å². The second-order valence-corrected chi connectivity index (χ2v) is 5.01. The lowest BCUT2D eigenvalue weighted by atomic mass is 9.95. The number of aryl methyl sites for hydroxylation is 2. The topological polar surface area (TPSA) is 35.5 Å². The Bertz CT molecular complexity index is 639. The summed E-state index contributed by atoms with van der Waals surface area (Å²) in [4.78, 5) is 12.6. The van der Waals surface area contributed by atoms with E-state index in [1.54, 1.807) is 32.4 Å². The zero-order chi connectivity index (χ0) is 15.4. The Morgan fingerprint density at radius 2 is 1.57 bits per heavy atom. The largest absolute Gasteiger partial charge is 0.493 e. The predicted octanol–water partition coefficient (Wildman–Crippen LogP) is 3.75. The number of carbonyl (C=O) groups is 1. The Kier molecular flexibility index (Phi) is 4.63. The van der Waals surface area contributed by atoms with Crippen LogP contribution in [0.25, 0.3) is 0 Å². The lowest BCUT2D eigenvalue weighted by Gasteiger charge is -2.13. The van der Waals surface area contributed by atoms with Crippen LogP contribution in [0, 0.1) is 13.8 Å². The van der Waals surface area contributed by atoms with Crippen LogP contribution >= 0.6 is 0 Å². The zero-order valence-electron chi connectivity index (χ0n) is 12.9. The van der Waals surface area contributed by atoms with Crippen molar-refractivity contribution in [2.75, 3.05) is 14.2 Å². The smallest absolute Gasteiger partial charge is 0.171 e. The third-order valence-corrected chi connectivity index (χ3v) is 3.69. The lowest BCUT2D eigenvalue weighted by molar-refractivity contribution is 0.0989. The second-order valence-electron chi connectivity index (χ2n) is 5.01. The Balaban J connectivity index is 2.37. The van der Waals surface area contributed by atoms with Crippen LogP contribution in [0.5, 0.6) is 11.5 Å². The van der Waals surface area contributed by atoms with Gasteiger partial charge in [0, 0.05) is 6.42 Å². The third kappa shape index (κ3) is 3.07. The average molecular weight is 284 g/mol. The molecule has 2 aromatic carbocycles. The van der Waals surface area contributed by atoms with E-state index in [2.05, 4.69) is 0 Å². The van der Waals surface area contributed by atoms with Gasteiger partial charge in [0.1, 0.15) is 0 Å². The van der Waals surface area contributed by atoms with Crippen LogP contribution in [0.1, 0.15) is 27.0 Å². The van der Waals surface area contributed by atoms with Gasteiger partial charge >= 0.3 is 0 Å². The van der Waals surface area contributed by atoms with Gasteiger partial charge in [0.05, 0.1) is 19.8 Å². The summed E-state index contributed by atoms with van der Waals surface area (Å²) in [6.45, 7) is 4.05. The van der Waals surface area contributed by atoms with Gasteiger partial charge in [-0.3, -0.25) is 4.79 Å². The summed E-state index contributed by atoms with van der Waals surface area (Å²) < 4.78 is 10.6. The molecule has 0 fully saturated rings. The van der Waals surface area contributed by atoms with E-state index in [1.807, 2.05) is 32.0 Å². The molecule has 3 heteroatoms. The molecule has 3 nitrogen and oxygen atoms in total. The summed E-state index contributed by atoms with van der Waals surface area (Å²) in [5.41, 5.74) is 3.89. The highest BCUT2D eigenvalue weighted by Crippen LogP contribution is 2.31. The molecule has 0 aliphatic rings. The summed E-state index contributed by atoms with van der Waals surface area (Å²) >= 11 is 0. The Hall–Kier alpha value is -2.29. The van der Waals surface area contributed by atoms with Crippen LogP contribution in [0.3, 0.4) is 0 Å². The van der Waals surface area contributed by atoms with E-state index in [4.69, 9.17) is 9.47 Å². The Morgan fingerprint density at radius 1 is 0.952 bits per heavy atom. The minimum absolute atomic E-state index is 0.0307. The Labute approximate surface area is 125 Å². The van der Waals surface area contributed by atoms with Crippen LogP contribution in [0.15, 0.2) is 36.4 Å². The molecule has 0 aromatic heterocycles. The number of Topliss-reactive ketones (excluding diaryl/α,β-unsaturated/α-hetero) is 1. The molecular formula is C18H20O3. The van der Waals surface area contributed by atoms with Crippen molar-refractivity contribution < 1.29 is 14.3 Å². The standard InChI is InChI=1S/C18H20O3/c1-12-7-5-8-13(2)15(12)11-16(19)14-9-6-10-17(20-3)18(14)21-4/h5-10H,11H2,1-4H3. The van der Waals surface area contributed by atoms with Crippen LogP contribution < -0.4 is 9.47 Å². The van der Waals surface area contributed by atoms with Gasteiger partial charge in [0.15, 0.2) is 17.3 Å². The molecule has 2 aromatic rings. The van der Waals surface area contributed by atoms with Crippen molar-refractivity contribution in [3.63, 3.8) is 0 Å². The van der Waals surface area contributed by atoms with Crippen LogP contribution in [-0.2, 0) is 6.42 Å². The summed E-state index contributed by atoms with van der Waals surface area (Å²) in [7, 11) is 3.12. The van der Waals surface area contributed by atoms with Gasteiger partial charge in [0.2, 0.25) is 0 Å². The number of para-hydroxylation sites is 1. The summed E-state index contributed by atoms with van der Waals surface area (Å²) in [6.07, 6.45) is 0.363. The van der Waals surface area contributed by atoms with Crippen molar-refractivity contribution in [2.45, 2.75) is 20.3 Å². The molecule has 2 rings (SSSR count). The van der Waals surface area contributed by atoms with Crippen LogP contribution in [-0.4, -0.2) is 20.0 Å². The highest BCUT2D eigenvalue weighted by molar-refractivity contribution is 6.01. The molecule has 0 heterocycles. The van der Waals surface area contributed by atoms with Gasteiger partial charge in [-0.15, -0.1) is 0 Å². The second kappa shape index (κ2) is 6.44. The lowest BCUT2D eigenvalue weighted by Crippen LogP contribution is -2.08. The fourth-order valence-corrected chi connectivity index (χ4v) is 2.49. The first-order valence-electron chi connectivity index (χ1n) is 6.87. The number of ketones is 1. The molecule has 0 amide bonds. The van der Waals surface area contributed by atoms with Crippen molar-refractivity contribution in [1.29, 1.82) is 0 Å². The van der Waals surface area contributed by atoms with Crippen LogP contribution in [0.2, 0.25) is 0 Å². The quantitative estimate of drug-likeness (QED) is 0.784.